The lowest BCUT2D eigenvalue weighted by atomic mass is 9.95. The first-order valence-electron chi connectivity index (χ1n) is 16.8. The highest BCUT2D eigenvalue weighted by atomic mass is 14.9. The zero-order valence-electron chi connectivity index (χ0n) is 27.7. The number of rotatable bonds is 6. The van der Waals surface area contributed by atoms with E-state index in [1.54, 1.807) is 49.6 Å². The first-order valence-corrected chi connectivity index (χ1v) is 16.8. The second-order valence-electron chi connectivity index (χ2n) is 12.3. The third-order valence-electron chi connectivity index (χ3n) is 9.06. The molecule has 0 saturated heterocycles. The van der Waals surface area contributed by atoms with Crippen LogP contribution in [0.3, 0.4) is 0 Å². The second kappa shape index (κ2) is 13.5. The van der Waals surface area contributed by atoms with Crippen molar-refractivity contribution >= 4 is 22.8 Å². The van der Waals surface area contributed by atoms with E-state index in [2.05, 4.69) is 90.6 Å². The molecule has 0 unspecified atom stereocenters. The van der Waals surface area contributed by atoms with Gasteiger partial charge in [-0.2, -0.15) is 0 Å². The monoisotopic (exact) mass is 668 g/mol. The van der Waals surface area contributed by atoms with Crippen LogP contribution in [-0.2, 0) is 0 Å². The smallest absolute Gasteiger partial charge is 0.0914 e. The molecule has 2 aromatic carbocycles. The Kier molecular flexibility index (Phi) is 7.99. The van der Waals surface area contributed by atoms with E-state index in [1.165, 1.54) is 0 Å². The Balaban J connectivity index is 1.07. The third-order valence-corrected chi connectivity index (χ3v) is 9.06. The summed E-state index contributed by atoms with van der Waals surface area (Å²) >= 11 is 0. The van der Waals surface area contributed by atoms with Crippen LogP contribution in [0.5, 0.6) is 0 Å². The fourth-order valence-corrected chi connectivity index (χ4v) is 6.39. The van der Waals surface area contributed by atoms with Crippen LogP contribution in [0.25, 0.3) is 44.5 Å². The third kappa shape index (κ3) is 6.05. The molecule has 7 heterocycles. The van der Waals surface area contributed by atoms with Gasteiger partial charge >= 0.3 is 0 Å². The molecule has 8 heteroatoms. The highest BCUT2D eigenvalue weighted by molar-refractivity contribution is 6.22. The van der Waals surface area contributed by atoms with Crippen LogP contribution in [0, 0.1) is 0 Å². The number of aliphatic imine (C=N–C) groups is 2. The van der Waals surface area contributed by atoms with Gasteiger partial charge in [-0.25, -0.2) is 9.98 Å². The van der Waals surface area contributed by atoms with Crippen molar-refractivity contribution in [2.24, 2.45) is 9.98 Å². The van der Waals surface area contributed by atoms with Gasteiger partial charge in [0.2, 0.25) is 0 Å². The SMILES string of the molecule is c1cc(-c2cncc(-c3ccc(/C4=N/c5cnccc5/C(c5ccc(-c6cncc(-c7ccncc7)c6)cc5)=N\c5cnccc54)cc3)c2)ccn1. The summed E-state index contributed by atoms with van der Waals surface area (Å²) in [6.07, 6.45) is 21.8. The quantitative estimate of drug-likeness (QED) is 0.175. The van der Waals surface area contributed by atoms with Crippen molar-refractivity contribution in [3.63, 3.8) is 0 Å². The number of benzene rings is 2. The average molecular weight is 669 g/mol. The van der Waals surface area contributed by atoms with Crippen LogP contribution in [0.15, 0.2) is 181 Å². The molecule has 0 radical (unpaired) electrons. The fourth-order valence-electron chi connectivity index (χ4n) is 6.39. The van der Waals surface area contributed by atoms with Crippen molar-refractivity contribution in [2.75, 3.05) is 0 Å². The van der Waals surface area contributed by atoms with Crippen LogP contribution >= 0.6 is 0 Å². The maximum Gasteiger partial charge on any atom is 0.0914 e. The molecule has 244 valence electrons. The fraction of sp³-hybridized carbons (Fsp3) is 0. The van der Waals surface area contributed by atoms with E-state index in [0.29, 0.717) is 0 Å². The van der Waals surface area contributed by atoms with Crippen molar-refractivity contribution in [1.82, 2.24) is 29.9 Å². The van der Waals surface area contributed by atoms with E-state index in [-0.39, 0.29) is 0 Å². The molecule has 1 aliphatic heterocycles. The number of hydrogen-bond acceptors (Lipinski definition) is 8. The van der Waals surface area contributed by atoms with Crippen molar-refractivity contribution in [1.29, 1.82) is 0 Å². The zero-order valence-corrected chi connectivity index (χ0v) is 27.7. The normalized spacial score (nSPS) is 14.1. The van der Waals surface area contributed by atoms with E-state index >= 15 is 0 Å². The van der Waals surface area contributed by atoms with Crippen LogP contribution in [0.1, 0.15) is 22.3 Å². The number of aromatic nitrogens is 6. The minimum Gasteiger partial charge on any atom is -0.265 e. The van der Waals surface area contributed by atoms with E-state index < -0.39 is 0 Å². The van der Waals surface area contributed by atoms with Crippen LogP contribution < -0.4 is 0 Å². The highest BCUT2D eigenvalue weighted by Crippen LogP contribution is 2.34. The molecule has 0 fully saturated rings. The van der Waals surface area contributed by atoms with Crippen LogP contribution in [-0.4, -0.2) is 41.3 Å². The van der Waals surface area contributed by atoms with Crippen molar-refractivity contribution < 1.29 is 0 Å². The Labute approximate surface area is 300 Å². The molecule has 0 aliphatic carbocycles. The molecule has 1 aliphatic rings. The molecule has 0 N–H and O–H groups in total. The van der Waals surface area contributed by atoms with Gasteiger partial charge in [-0.3, -0.25) is 29.9 Å². The lowest BCUT2D eigenvalue weighted by molar-refractivity contribution is 1.26. The summed E-state index contributed by atoms with van der Waals surface area (Å²) < 4.78 is 0. The lowest BCUT2D eigenvalue weighted by Gasteiger charge is -2.18. The first kappa shape index (κ1) is 30.7. The van der Waals surface area contributed by atoms with E-state index in [1.807, 2.05) is 61.2 Å². The Hall–Kier alpha value is -7.32. The van der Waals surface area contributed by atoms with Crippen LogP contribution in [0.4, 0.5) is 11.4 Å². The maximum atomic E-state index is 5.26. The summed E-state index contributed by atoms with van der Waals surface area (Å²) in [5, 5.41) is 0. The van der Waals surface area contributed by atoms with E-state index in [4.69, 9.17) is 9.98 Å². The average Bonchev–Trinajstić information content (AvgIpc) is 3.22. The van der Waals surface area contributed by atoms with Gasteiger partial charge in [0.1, 0.15) is 0 Å². The van der Waals surface area contributed by atoms with Crippen LogP contribution in [0.2, 0.25) is 0 Å². The minimum atomic E-state index is 0.732. The number of fused-ring (bicyclic) bond motifs is 2. The number of nitrogens with zero attached hydrogens (tertiary/aromatic N) is 8. The summed E-state index contributed by atoms with van der Waals surface area (Å²) in [7, 11) is 0. The second-order valence-corrected chi connectivity index (χ2v) is 12.3. The summed E-state index contributed by atoms with van der Waals surface area (Å²) in [5.74, 6) is 0. The number of hydrogen-bond donors (Lipinski definition) is 0. The molecule has 52 heavy (non-hydrogen) atoms. The Morgan fingerprint density at radius 3 is 0.962 bits per heavy atom. The molecular formula is C44H28N8. The van der Waals surface area contributed by atoms with Crippen molar-refractivity contribution in [3.05, 3.63) is 194 Å². The van der Waals surface area contributed by atoms with E-state index in [0.717, 1.165) is 89.6 Å². The molecule has 0 amide bonds. The molecule has 0 atom stereocenters. The first-order chi connectivity index (χ1) is 25.8. The Morgan fingerprint density at radius 1 is 0.250 bits per heavy atom. The standard InChI is InChI=1S/C44H28N8/c1-5-33(6-2-29(1)35-21-37(25-49-23-35)31-9-15-45-16-10-31)43-39-13-19-47-27-41(39)52-44(40-14-20-48-28-42(40)51-43)34-7-3-30(4-8-34)36-22-38(26-50-24-36)32-11-17-46-18-12-32/h1-28H/b43-39?,44-40?,51-42?,51-43-,52-41?,52-44-. The molecule has 0 saturated carbocycles. The molecule has 8 nitrogen and oxygen atoms in total. The lowest BCUT2D eigenvalue weighted by Crippen LogP contribution is -2.10. The van der Waals surface area contributed by atoms with Gasteiger partial charge < -0.3 is 0 Å². The minimum absolute atomic E-state index is 0.732. The van der Waals surface area contributed by atoms with Crippen molar-refractivity contribution in [3.8, 4) is 44.5 Å². The largest absolute Gasteiger partial charge is 0.265 e. The highest BCUT2D eigenvalue weighted by Gasteiger charge is 2.21. The summed E-state index contributed by atoms with van der Waals surface area (Å²) in [6, 6.07) is 33.0. The van der Waals surface area contributed by atoms with Crippen molar-refractivity contribution in [2.45, 2.75) is 0 Å². The molecule has 6 aromatic heterocycles. The van der Waals surface area contributed by atoms with Gasteiger partial charge in [0, 0.05) is 106 Å². The molecule has 9 rings (SSSR count). The molecular weight excluding hydrogens is 641 g/mol. The van der Waals surface area contributed by atoms with Gasteiger partial charge in [0.15, 0.2) is 0 Å². The topological polar surface area (TPSA) is 102 Å². The van der Waals surface area contributed by atoms with Gasteiger partial charge in [-0.15, -0.1) is 0 Å². The zero-order chi connectivity index (χ0) is 34.7. The predicted octanol–water partition coefficient (Wildman–Crippen LogP) is 9.38. The van der Waals surface area contributed by atoms with E-state index in [9.17, 15) is 0 Å². The molecule has 0 spiro atoms. The molecule has 0 bridgehead atoms. The van der Waals surface area contributed by atoms with Gasteiger partial charge in [-0.05, 0) is 70.8 Å². The summed E-state index contributed by atoms with van der Waals surface area (Å²) in [5.41, 5.74) is 15.1. The Bertz CT molecular complexity index is 2420. The van der Waals surface area contributed by atoms with Gasteiger partial charge in [0.25, 0.3) is 0 Å². The maximum absolute atomic E-state index is 5.26. The van der Waals surface area contributed by atoms with Gasteiger partial charge in [-0.1, -0.05) is 48.5 Å². The Morgan fingerprint density at radius 2 is 0.577 bits per heavy atom. The summed E-state index contributed by atoms with van der Waals surface area (Å²) in [6.45, 7) is 0. The molecule has 8 aromatic rings. The number of pyridine rings is 6. The van der Waals surface area contributed by atoms with Gasteiger partial charge in [0.05, 0.1) is 35.2 Å². The summed E-state index contributed by atoms with van der Waals surface area (Å²) in [4.78, 5) is 36.8. The predicted molar refractivity (Wildman–Crippen MR) is 205 cm³/mol.